The van der Waals surface area contributed by atoms with Crippen molar-refractivity contribution < 1.29 is 5.21 Å². The number of hydroxylamine groups is 1. The minimum absolute atomic E-state index is 0.135. The molecule has 1 unspecified atom stereocenters. The third kappa shape index (κ3) is 9.73. The molecule has 2 N–H and O–H groups in total. The maximum absolute atomic E-state index is 8.82. The van der Waals surface area contributed by atoms with Crippen LogP contribution in [-0.4, -0.2) is 19.3 Å². The van der Waals surface area contributed by atoms with Crippen molar-refractivity contribution in [1.82, 2.24) is 5.48 Å². The normalized spacial score (nSPS) is 12.8. The molecule has 0 heterocycles. The summed E-state index contributed by atoms with van der Waals surface area (Å²) in [6, 6.07) is 0.135. The van der Waals surface area contributed by atoms with Gasteiger partial charge in [0, 0.05) is 12.5 Å². The predicted molar refractivity (Wildman–Crippen MR) is 68.5 cm³/mol. The fourth-order valence-electron chi connectivity index (χ4n) is 1.20. The minimum Gasteiger partial charge on any atom is -0.317 e. The monoisotopic (exact) mass is 225 g/mol. The summed E-state index contributed by atoms with van der Waals surface area (Å²) in [5.41, 5.74) is 5.63. The van der Waals surface area contributed by atoms with Gasteiger partial charge in [-0.15, -0.1) is 18.0 Å². The van der Waals surface area contributed by atoms with Crippen LogP contribution in [0.25, 0.3) is 0 Å². The Hall–Kier alpha value is -0.563. The van der Waals surface area contributed by atoms with E-state index in [-0.39, 0.29) is 6.04 Å². The smallest absolute Gasteiger partial charge is 0.129 e. The van der Waals surface area contributed by atoms with Crippen LogP contribution in [0.3, 0.4) is 0 Å². The maximum Gasteiger partial charge on any atom is 0.129 e. The molecule has 0 rings (SSSR count). The number of hydrogen-bond acceptors (Lipinski definition) is 2. The zero-order valence-electron chi connectivity index (χ0n) is 10.1. The molecule has 0 fully saturated rings. The summed E-state index contributed by atoms with van der Waals surface area (Å²) >= 11 is 0. The maximum atomic E-state index is 8.82. The molecular weight excluding hydrogens is 202 g/mol. The van der Waals surface area contributed by atoms with E-state index in [1.807, 2.05) is 6.08 Å². The van der Waals surface area contributed by atoms with Crippen LogP contribution in [0, 0.1) is 11.5 Å². The summed E-state index contributed by atoms with van der Waals surface area (Å²) in [6.07, 6.45) is 5.53. The molecule has 0 spiro atoms. The van der Waals surface area contributed by atoms with Gasteiger partial charge in [0.05, 0.1) is 0 Å². The lowest BCUT2D eigenvalue weighted by molar-refractivity contribution is 0.121. The summed E-state index contributed by atoms with van der Waals surface area (Å²) in [5, 5.41) is 8.82. The topological polar surface area (TPSA) is 32.3 Å². The highest BCUT2D eigenvalue weighted by Gasteiger charge is 2.07. The Labute approximate surface area is 94.7 Å². The van der Waals surface area contributed by atoms with Crippen LogP contribution in [0.5, 0.6) is 0 Å². The lowest BCUT2D eigenvalue weighted by Crippen LogP contribution is -2.24. The third-order valence-corrected chi connectivity index (χ3v) is 2.88. The van der Waals surface area contributed by atoms with E-state index >= 15 is 0 Å². The van der Waals surface area contributed by atoms with Gasteiger partial charge in [0.25, 0.3) is 0 Å². The van der Waals surface area contributed by atoms with Crippen molar-refractivity contribution in [2.45, 2.75) is 51.4 Å². The van der Waals surface area contributed by atoms with Gasteiger partial charge in [0.2, 0.25) is 0 Å². The molecule has 0 aromatic carbocycles. The SMILES string of the molecule is C=CCC(CCCC#C[Si](C)(C)C)NO. The van der Waals surface area contributed by atoms with Gasteiger partial charge < -0.3 is 5.21 Å². The molecule has 0 bridgehead atoms. The average Bonchev–Trinajstić information content (AvgIpc) is 2.14. The van der Waals surface area contributed by atoms with Gasteiger partial charge in [0.15, 0.2) is 0 Å². The molecule has 86 valence electrons. The van der Waals surface area contributed by atoms with Crippen molar-refractivity contribution in [3.8, 4) is 11.5 Å². The number of unbranched alkanes of at least 4 members (excludes halogenated alkanes) is 1. The predicted octanol–water partition coefficient (Wildman–Crippen LogP) is 2.96. The molecule has 0 aromatic heterocycles. The number of hydrogen-bond donors (Lipinski definition) is 2. The molecule has 3 heteroatoms. The first-order valence-corrected chi connectivity index (χ1v) is 9.00. The Bertz CT molecular complexity index is 234. The van der Waals surface area contributed by atoms with Crippen LogP contribution in [-0.2, 0) is 0 Å². The van der Waals surface area contributed by atoms with Gasteiger partial charge in [0.1, 0.15) is 8.07 Å². The molecule has 0 aliphatic rings. The molecule has 0 saturated heterocycles. The zero-order valence-corrected chi connectivity index (χ0v) is 11.1. The highest BCUT2D eigenvalue weighted by atomic mass is 28.3. The van der Waals surface area contributed by atoms with Gasteiger partial charge in [-0.25, -0.2) is 5.48 Å². The summed E-state index contributed by atoms with van der Waals surface area (Å²) in [6.45, 7) is 10.4. The summed E-state index contributed by atoms with van der Waals surface area (Å²) in [7, 11) is -1.20. The van der Waals surface area contributed by atoms with Crippen LogP contribution >= 0.6 is 0 Å². The van der Waals surface area contributed by atoms with Crippen LogP contribution in [0.2, 0.25) is 19.6 Å². The average molecular weight is 225 g/mol. The van der Waals surface area contributed by atoms with E-state index < -0.39 is 8.07 Å². The summed E-state index contributed by atoms with van der Waals surface area (Å²) < 4.78 is 0. The number of rotatable bonds is 6. The third-order valence-electron chi connectivity index (χ3n) is 1.95. The fraction of sp³-hybridized carbons (Fsp3) is 0.667. The number of nitrogens with one attached hydrogen (secondary N) is 1. The van der Waals surface area contributed by atoms with E-state index in [4.69, 9.17) is 5.21 Å². The van der Waals surface area contributed by atoms with Gasteiger partial charge in [-0.3, -0.25) is 0 Å². The van der Waals surface area contributed by atoms with E-state index in [1.54, 1.807) is 0 Å². The molecule has 2 nitrogen and oxygen atoms in total. The van der Waals surface area contributed by atoms with Crippen LogP contribution in [0.15, 0.2) is 12.7 Å². The van der Waals surface area contributed by atoms with E-state index in [1.165, 1.54) is 0 Å². The van der Waals surface area contributed by atoms with Crippen molar-refractivity contribution in [1.29, 1.82) is 0 Å². The van der Waals surface area contributed by atoms with Crippen LogP contribution in [0.4, 0.5) is 0 Å². The van der Waals surface area contributed by atoms with Crippen molar-refractivity contribution in [3.05, 3.63) is 12.7 Å². The molecule has 0 amide bonds. The first-order valence-electron chi connectivity index (χ1n) is 5.50. The highest BCUT2D eigenvalue weighted by Crippen LogP contribution is 2.04. The molecule has 15 heavy (non-hydrogen) atoms. The largest absolute Gasteiger partial charge is 0.317 e. The van der Waals surface area contributed by atoms with Gasteiger partial charge in [-0.05, 0) is 19.3 Å². The Kier molecular flexibility index (Phi) is 7.40. The van der Waals surface area contributed by atoms with E-state index in [2.05, 4.69) is 43.2 Å². The quantitative estimate of drug-likeness (QED) is 0.239. The zero-order chi connectivity index (χ0) is 11.7. The lowest BCUT2D eigenvalue weighted by Gasteiger charge is -2.11. The minimum atomic E-state index is -1.20. The molecule has 0 radical (unpaired) electrons. The fourth-order valence-corrected chi connectivity index (χ4v) is 1.86. The van der Waals surface area contributed by atoms with Gasteiger partial charge in [-0.2, -0.15) is 0 Å². The first kappa shape index (κ1) is 14.4. The van der Waals surface area contributed by atoms with Gasteiger partial charge in [-0.1, -0.05) is 25.7 Å². The second-order valence-electron chi connectivity index (χ2n) is 4.79. The lowest BCUT2D eigenvalue weighted by atomic mass is 10.1. The Morgan fingerprint density at radius 1 is 1.47 bits per heavy atom. The van der Waals surface area contributed by atoms with E-state index in [9.17, 15) is 0 Å². The van der Waals surface area contributed by atoms with Gasteiger partial charge >= 0.3 is 0 Å². The molecule has 0 saturated carbocycles. The van der Waals surface area contributed by atoms with Crippen molar-refractivity contribution in [2.75, 3.05) is 0 Å². The van der Waals surface area contributed by atoms with E-state index in [0.717, 1.165) is 25.7 Å². The molecular formula is C12H23NOSi. The Balaban J connectivity index is 3.68. The Morgan fingerprint density at radius 2 is 2.13 bits per heavy atom. The van der Waals surface area contributed by atoms with Crippen molar-refractivity contribution in [3.63, 3.8) is 0 Å². The molecule has 1 atom stereocenters. The van der Waals surface area contributed by atoms with E-state index in [0.29, 0.717) is 0 Å². The van der Waals surface area contributed by atoms with Crippen LogP contribution in [0.1, 0.15) is 25.7 Å². The summed E-state index contributed by atoms with van der Waals surface area (Å²) in [5.74, 6) is 3.22. The van der Waals surface area contributed by atoms with Crippen molar-refractivity contribution >= 4 is 8.07 Å². The standard InChI is InChI=1S/C12H23NOSi/c1-5-9-12(13-14)10-7-6-8-11-15(2,3)4/h5,12-14H,1,6-7,9-10H2,2-4H3. The molecule has 0 aliphatic carbocycles. The molecule has 0 aliphatic heterocycles. The first-order chi connectivity index (χ1) is 6.99. The molecule has 0 aromatic rings. The highest BCUT2D eigenvalue weighted by molar-refractivity contribution is 6.83. The second-order valence-corrected chi connectivity index (χ2v) is 9.54. The van der Waals surface area contributed by atoms with Crippen LogP contribution < -0.4 is 5.48 Å². The summed E-state index contributed by atoms with van der Waals surface area (Å²) in [4.78, 5) is 0. The second kappa shape index (κ2) is 7.69. The Morgan fingerprint density at radius 3 is 2.60 bits per heavy atom. The van der Waals surface area contributed by atoms with Crippen molar-refractivity contribution in [2.24, 2.45) is 0 Å².